The summed E-state index contributed by atoms with van der Waals surface area (Å²) in [7, 11) is 0. The highest BCUT2D eigenvalue weighted by Gasteiger charge is 2.26. The van der Waals surface area contributed by atoms with E-state index in [9.17, 15) is 9.59 Å². The standard InChI is InChI=1S/C8H16N2O4/c1-3-5(9)7(12)10-6(4(2)11)8(13)14/h4-6,11H,3,9H2,1-2H3,(H,10,12)(H,13,14)/t4-,5-,6-/m0/s1. The van der Waals surface area contributed by atoms with Crippen LogP contribution in [0, 0.1) is 0 Å². The molecule has 6 heteroatoms. The van der Waals surface area contributed by atoms with Gasteiger partial charge < -0.3 is 21.3 Å². The van der Waals surface area contributed by atoms with Crippen molar-refractivity contribution in [3.63, 3.8) is 0 Å². The Morgan fingerprint density at radius 2 is 2.00 bits per heavy atom. The summed E-state index contributed by atoms with van der Waals surface area (Å²) in [5, 5.41) is 19.8. The van der Waals surface area contributed by atoms with Gasteiger partial charge in [-0.05, 0) is 13.3 Å². The summed E-state index contributed by atoms with van der Waals surface area (Å²) in [5.74, 6) is -1.85. The largest absolute Gasteiger partial charge is 0.480 e. The van der Waals surface area contributed by atoms with Crippen LogP contribution in [0.4, 0.5) is 0 Å². The van der Waals surface area contributed by atoms with Crippen LogP contribution in [-0.4, -0.2) is 40.3 Å². The topological polar surface area (TPSA) is 113 Å². The number of carbonyl (C=O) groups excluding carboxylic acids is 1. The molecule has 0 unspecified atom stereocenters. The van der Waals surface area contributed by atoms with E-state index in [0.717, 1.165) is 0 Å². The highest BCUT2D eigenvalue weighted by Crippen LogP contribution is 1.95. The van der Waals surface area contributed by atoms with Gasteiger partial charge in [-0.3, -0.25) is 4.79 Å². The first-order valence-corrected chi connectivity index (χ1v) is 4.37. The van der Waals surface area contributed by atoms with Crippen LogP contribution in [0.15, 0.2) is 0 Å². The minimum atomic E-state index is -1.31. The molecule has 0 rings (SSSR count). The summed E-state index contributed by atoms with van der Waals surface area (Å²) < 4.78 is 0. The molecular formula is C8H16N2O4. The summed E-state index contributed by atoms with van der Waals surface area (Å²) in [6.45, 7) is 3.00. The van der Waals surface area contributed by atoms with Crippen LogP contribution in [0.2, 0.25) is 0 Å². The zero-order chi connectivity index (χ0) is 11.3. The molecule has 0 radical (unpaired) electrons. The van der Waals surface area contributed by atoms with Crippen LogP contribution in [0.5, 0.6) is 0 Å². The molecular weight excluding hydrogens is 188 g/mol. The van der Waals surface area contributed by atoms with Crippen LogP contribution in [0.25, 0.3) is 0 Å². The monoisotopic (exact) mass is 204 g/mol. The number of amides is 1. The minimum Gasteiger partial charge on any atom is -0.480 e. The van der Waals surface area contributed by atoms with Crippen LogP contribution >= 0.6 is 0 Å². The van der Waals surface area contributed by atoms with Crippen LogP contribution < -0.4 is 11.1 Å². The Balaban J connectivity index is 4.31. The van der Waals surface area contributed by atoms with Gasteiger partial charge in [-0.25, -0.2) is 4.79 Å². The third-order valence-corrected chi connectivity index (χ3v) is 1.82. The Bertz CT molecular complexity index is 217. The molecule has 0 aliphatic rings. The fourth-order valence-corrected chi connectivity index (χ4v) is 0.834. The summed E-state index contributed by atoms with van der Waals surface area (Å²) in [6, 6.07) is -2.05. The molecule has 82 valence electrons. The van der Waals surface area contributed by atoms with Crippen molar-refractivity contribution in [1.82, 2.24) is 5.32 Å². The highest BCUT2D eigenvalue weighted by atomic mass is 16.4. The quantitative estimate of drug-likeness (QED) is 0.443. The average molecular weight is 204 g/mol. The number of nitrogens with one attached hydrogen (secondary N) is 1. The van der Waals surface area contributed by atoms with Crippen molar-refractivity contribution >= 4 is 11.9 Å². The normalized spacial score (nSPS) is 16.9. The lowest BCUT2D eigenvalue weighted by molar-refractivity contribution is -0.145. The molecule has 0 aromatic heterocycles. The fourth-order valence-electron chi connectivity index (χ4n) is 0.834. The van der Waals surface area contributed by atoms with Crippen molar-refractivity contribution in [2.45, 2.75) is 38.5 Å². The number of aliphatic hydroxyl groups excluding tert-OH is 1. The number of rotatable bonds is 5. The van der Waals surface area contributed by atoms with Crippen molar-refractivity contribution in [2.24, 2.45) is 5.73 Å². The zero-order valence-electron chi connectivity index (χ0n) is 8.23. The van der Waals surface area contributed by atoms with Gasteiger partial charge in [0.15, 0.2) is 6.04 Å². The minimum absolute atomic E-state index is 0.415. The van der Waals surface area contributed by atoms with Crippen molar-refractivity contribution in [2.75, 3.05) is 0 Å². The second-order valence-electron chi connectivity index (χ2n) is 3.08. The lowest BCUT2D eigenvalue weighted by atomic mass is 10.1. The zero-order valence-corrected chi connectivity index (χ0v) is 8.23. The SMILES string of the molecule is CC[C@H](N)C(=O)N[C@H](C(=O)O)[C@H](C)O. The van der Waals surface area contributed by atoms with Crippen molar-refractivity contribution in [3.8, 4) is 0 Å². The number of hydrogen-bond acceptors (Lipinski definition) is 4. The Morgan fingerprint density at radius 3 is 2.29 bits per heavy atom. The molecule has 6 nitrogen and oxygen atoms in total. The van der Waals surface area contributed by atoms with Crippen molar-refractivity contribution in [1.29, 1.82) is 0 Å². The van der Waals surface area contributed by atoms with Gasteiger partial charge in [0.2, 0.25) is 5.91 Å². The van der Waals surface area contributed by atoms with E-state index in [1.165, 1.54) is 6.92 Å². The lowest BCUT2D eigenvalue weighted by Crippen LogP contribution is -2.52. The smallest absolute Gasteiger partial charge is 0.328 e. The molecule has 14 heavy (non-hydrogen) atoms. The van der Waals surface area contributed by atoms with Crippen molar-refractivity contribution < 1.29 is 19.8 Å². The molecule has 0 aliphatic carbocycles. The molecule has 0 saturated carbocycles. The number of hydrogen-bond donors (Lipinski definition) is 4. The summed E-state index contributed by atoms with van der Waals surface area (Å²) in [4.78, 5) is 21.8. The van der Waals surface area contributed by atoms with E-state index >= 15 is 0 Å². The van der Waals surface area contributed by atoms with Gasteiger partial charge >= 0.3 is 5.97 Å². The first-order chi connectivity index (χ1) is 6.40. The number of carbonyl (C=O) groups is 2. The Morgan fingerprint density at radius 1 is 1.50 bits per heavy atom. The molecule has 3 atom stereocenters. The van der Waals surface area contributed by atoms with Crippen LogP contribution in [0.1, 0.15) is 20.3 Å². The number of aliphatic hydroxyl groups is 1. The van der Waals surface area contributed by atoms with Gasteiger partial charge in [-0.2, -0.15) is 0 Å². The third kappa shape index (κ3) is 3.71. The molecule has 0 aromatic carbocycles. The van der Waals surface area contributed by atoms with E-state index < -0.39 is 30.1 Å². The van der Waals surface area contributed by atoms with Gasteiger partial charge in [0.25, 0.3) is 0 Å². The molecule has 0 bridgehead atoms. The Hall–Kier alpha value is -1.14. The first kappa shape index (κ1) is 12.9. The summed E-state index contributed by atoms with van der Waals surface area (Å²) in [5.41, 5.74) is 5.38. The lowest BCUT2D eigenvalue weighted by Gasteiger charge is -2.18. The number of carboxylic acids is 1. The molecule has 1 amide bonds. The van der Waals surface area contributed by atoms with Gasteiger partial charge in [0.05, 0.1) is 12.1 Å². The van der Waals surface area contributed by atoms with Crippen LogP contribution in [0.3, 0.4) is 0 Å². The van der Waals surface area contributed by atoms with E-state index in [0.29, 0.717) is 6.42 Å². The Kier molecular flexibility index (Phi) is 5.11. The first-order valence-electron chi connectivity index (χ1n) is 4.37. The fraction of sp³-hybridized carbons (Fsp3) is 0.750. The molecule has 0 aliphatic heterocycles. The average Bonchev–Trinajstić information content (AvgIpc) is 2.11. The van der Waals surface area contributed by atoms with Crippen molar-refractivity contribution in [3.05, 3.63) is 0 Å². The Labute approximate surface area is 82.1 Å². The molecule has 0 aromatic rings. The second-order valence-corrected chi connectivity index (χ2v) is 3.08. The van der Waals surface area contributed by atoms with Gasteiger partial charge in [0, 0.05) is 0 Å². The maximum Gasteiger partial charge on any atom is 0.328 e. The predicted molar refractivity (Wildman–Crippen MR) is 49.5 cm³/mol. The number of aliphatic carboxylic acids is 1. The van der Waals surface area contributed by atoms with Gasteiger partial charge in [-0.15, -0.1) is 0 Å². The van der Waals surface area contributed by atoms with E-state index in [4.69, 9.17) is 15.9 Å². The van der Waals surface area contributed by atoms with E-state index in [2.05, 4.69) is 5.32 Å². The summed E-state index contributed by atoms with van der Waals surface area (Å²) in [6.07, 6.45) is -0.738. The number of carboxylic acid groups (broad SMARTS) is 1. The van der Waals surface area contributed by atoms with E-state index in [1.54, 1.807) is 6.92 Å². The second kappa shape index (κ2) is 5.56. The molecule has 0 heterocycles. The molecule has 0 saturated heterocycles. The number of nitrogens with two attached hydrogens (primary N) is 1. The maximum absolute atomic E-state index is 11.2. The molecule has 5 N–H and O–H groups in total. The molecule has 0 spiro atoms. The highest BCUT2D eigenvalue weighted by molar-refractivity contribution is 5.87. The predicted octanol–water partition coefficient (Wildman–Crippen LogP) is -1.33. The molecule has 0 fully saturated rings. The van der Waals surface area contributed by atoms with Gasteiger partial charge in [0.1, 0.15) is 0 Å². The van der Waals surface area contributed by atoms with E-state index in [-0.39, 0.29) is 0 Å². The summed E-state index contributed by atoms with van der Waals surface area (Å²) >= 11 is 0. The third-order valence-electron chi connectivity index (χ3n) is 1.82. The van der Waals surface area contributed by atoms with Gasteiger partial charge in [-0.1, -0.05) is 6.92 Å². The van der Waals surface area contributed by atoms with E-state index in [1.807, 2.05) is 0 Å². The maximum atomic E-state index is 11.2. The van der Waals surface area contributed by atoms with Crippen LogP contribution in [-0.2, 0) is 9.59 Å².